The number of hydrogen-bond donors (Lipinski definition) is 1. The van der Waals surface area contributed by atoms with Crippen LogP contribution in [0.15, 0.2) is 11.6 Å². The van der Waals surface area contributed by atoms with Crippen LogP contribution in [0.3, 0.4) is 0 Å². The maximum atomic E-state index is 5.49. The summed E-state index contributed by atoms with van der Waals surface area (Å²) in [6.07, 6.45) is 3.23. The molecule has 0 bridgehead atoms. The van der Waals surface area contributed by atoms with Gasteiger partial charge in [0.05, 0.1) is 0 Å². The Kier molecular flexibility index (Phi) is 7.09. The summed E-state index contributed by atoms with van der Waals surface area (Å²) in [5, 5.41) is 3.26. The predicted octanol–water partition coefficient (Wildman–Crippen LogP) is 2.17. The van der Waals surface area contributed by atoms with Crippen molar-refractivity contribution >= 4 is 11.6 Å². The van der Waals surface area contributed by atoms with E-state index < -0.39 is 0 Å². The zero-order chi connectivity index (χ0) is 7.82. The third-order valence-corrected chi connectivity index (χ3v) is 1.41. The van der Waals surface area contributed by atoms with Crippen LogP contribution in [0.1, 0.15) is 20.3 Å². The average molecular weight is 162 g/mol. The first kappa shape index (κ1) is 9.99. The van der Waals surface area contributed by atoms with Crippen molar-refractivity contribution in [2.45, 2.75) is 20.3 Å². The van der Waals surface area contributed by atoms with Crippen LogP contribution in [0.5, 0.6) is 0 Å². The van der Waals surface area contributed by atoms with Crippen molar-refractivity contribution in [1.29, 1.82) is 0 Å². The molecule has 0 aliphatic rings. The minimum Gasteiger partial charge on any atom is -0.313 e. The Hall–Kier alpha value is -0.0100. The van der Waals surface area contributed by atoms with Gasteiger partial charge in [-0.05, 0) is 26.8 Å². The first-order chi connectivity index (χ1) is 4.77. The number of nitrogens with one attached hydrogen (secondary N) is 1. The summed E-state index contributed by atoms with van der Waals surface area (Å²) in [4.78, 5) is 0. The van der Waals surface area contributed by atoms with Crippen LogP contribution in [0.4, 0.5) is 0 Å². The van der Waals surface area contributed by atoms with Gasteiger partial charge in [0.25, 0.3) is 0 Å². The van der Waals surface area contributed by atoms with E-state index in [1.54, 1.807) is 0 Å². The summed E-state index contributed by atoms with van der Waals surface area (Å²) in [6, 6.07) is 0. The Labute approximate surface area is 68.5 Å². The Bertz CT molecular complexity index is 95.4. The SMILES string of the molecule is CC(C)=CCNCCCCl. The summed E-state index contributed by atoms with van der Waals surface area (Å²) < 4.78 is 0. The highest BCUT2D eigenvalue weighted by atomic mass is 35.5. The van der Waals surface area contributed by atoms with E-state index in [1.807, 2.05) is 0 Å². The molecular weight excluding hydrogens is 146 g/mol. The third kappa shape index (κ3) is 7.99. The third-order valence-electron chi connectivity index (χ3n) is 1.14. The number of hydrogen-bond acceptors (Lipinski definition) is 1. The van der Waals surface area contributed by atoms with Crippen LogP contribution < -0.4 is 5.32 Å². The van der Waals surface area contributed by atoms with Gasteiger partial charge in [-0.25, -0.2) is 0 Å². The van der Waals surface area contributed by atoms with Crippen LogP contribution in [0, 0.1) is 0 Å². The van der Waals surface area contributed by atoms with Crippen molar-refractivity contribution in [2.75, 3.05) is 19.0 Å². The number of halogens is 1. The average Bonchev–Trinajstić information content (AvgIpc) is 1.87. The van der Waals surface area contributed by atoms with Crippen molar-refractivity contribution in [3.05, 3.63) is 11.6 Å². The molecule has 1 N–H and O–H groups in total. The van der Waals surface area contributed by atoms with Gasteiger partial charge in [0.15, 0.2) is 0 Å². The molecule has 0 fully saturated rings. The lowest BCUT2D eigenvalue weighted by molar-refractivity contribution is 0.730. The van der Waals surface area contributed by atoms with Gasteiger partial charge in [0, 0.05) is 12.4 Å². The molecule has 0 saturated heterocycles. The molecule has 0 spiro atoms. The molecule has 0 saturated carbocycles. The van der Waals surface area contributed by atoms with Crippen molar-refractivity contribution in [2.24, 2.45) is 0 Å². The highest BCUT2D eigenvalue weighted by molar-refractivity contribution is 6.17. The van der Waals surface area contributed by atoms with Crippen LogP contribution in [0.25, 0.3) is 0 Å². The zero-order valence-corrected chi connectivity index (χ0v) is 7.54. The van der Waals surface area contributed by atoms with Crippen molar-refractivity contribution < 1.29 is 0 Å². The fourth-order valence-corrected chi connectivity index (χ4v) is 0.704. The van der Waals surface area contributed by atoms with Gasteiger partial charge in [-0.1, -0.05) is 11.6 Å². The topological polar surface area (TPSA) is 12.0 Å². The van der Waals surface area contributed by atoms with E-state index in [2.05, 4.69) is 25.2 Å². The van der Waals surface area contributed by atoms with Crippen molar-refractivity contribution in [3.63, 3.8) is 0 Å². The maximum absolute atomic E-state index is 5.49. The van der Waals surface area contributed by atoms with Gasteiger partial charge in [-0.2, -0.15) is 0 Å². The molecule has 1 nitrogen and oxygen atoms in total. The number of alkyl halides is 1. The standard InChI is InChI=1S/C8H16ClN/c1-8(2)4-7-10-6-3-5-9/h4,10H,3,5-7H2,1-2H3. The van der Waals surface area contributed by atoms with Gasteiger partial charge in [0.2, 0.25) is 0 Å². The summed E-state index contributed by atoms with van der Waals surface area (Å²) >= 11 is 5.49. The molecule has 0 aliphatic heterocycles. The molecule has 0 atom stereocenters. The van der Waals surface area contributed by atoms with Gasteiger partial charge >= 0.3 is 0 Å². The van der Waals surface area contributed by atoms with Crippen molar-refractivity contribution in [3.8, 4) is 0 Å². The molecule has 0 unspecified atom stereocenters. The van der Waals surface area contributed by atoms with Crippen LogP contribution >= 0.6 is 11.6 Å². The fraction of sp³-hybridized carbons (Fsp3) is 0.750. The van der Waals surface area contributed by atoms with Crippen LogP contribution in [0.2, 0.25) is 0 Å². The van der Waals surface area contributed by atoms with Gasteiger partial charge < -0.3 is 5.32 Å². The molecule has 2 heteroatoms. The van der Waals surface area contributed by atoms with Crippen LogP contribution in [-0.2, 0) is 0 Å². The maximum Gasteiger partial charge on any atom is 0.0235 e. The Morgan fingerprint density at radius 3 is 2.70 bits per heavy atom. The first-order valence-corrected chi connectivity index (χ1v) is 4.21. The van der Waals surface area contributed by atoms with Gasteiger partial charge in [0.1, 0.15) is 0 Å². The lowest BCUT2D eigenvalue weighted by Gasteiger charge is -1.97. The fourth-order valence-electron chi connectivity index (χ4n) is 0.570. The van der Waals surface area contributed by atoms with E-state index in [9.17, 15) is 0 Å². The minimum atomic E-state index is 0.752. The lowest BCUT2D eigenvalue weighted by atomic mass is 10.3. The normalized spacial score (nSPS) is 9.50. The summed E-state index contributed by atoms with van der Waals surface area (Å²) in [5.41, 5.74) is 1.36. The Balaban J connectivity index is 2.98. The second kappa shape index (κ2) is 7.10. The molecular formula is C8H16ClN. The molecule has 60 valence electrons. The molecule has 0 aromatic heterocycles. The molecule has 0 amide bonds. The molecule has 0 aromatic carbocycles. The summed E-state index contributed by atoms with van der Waals surface area (Å²) in [5.74, 6) is 0.752. The van der Waals surface area contributed by atoms with Crippen molar-refractivity contribution in [1.82, 2.24) is 5.32 Å². The quantitative estimate of drug-likeness (QED) is 0.370. The number of rotatable bonds is 5. The molecule has 10 heavy (non-hydrogen) atoms. The molecule has 0 radical (unpaired) electrons. The highest BCUT2D eigenvalue weighted by Crippen LogP contribution is 1.86. The minimum absolute atomic E-state index is 0.752. The molecule has 0 heterocycles. The van der Waals surface area contributed by atoms with Gasteiger partial charge in [-0.3, -0.25) is 0 Å². The summed E-state index contributed by atoms with van der Waals surface area (Å²) in [6.45, 7) is 6.19. The second-order valence-corrected chi connectivity index (χ2v) is 2.91. The monoisotopic (exact) mass is 161 g/mol. The smallest absolute Gasteiger partial charge is 0.0235 e. The Morgan fingerprint density at radius 1 is 1.50 bits per heavy atom. The molecule has 0 aliphatic carbocycles. The first-order valence-electron chi connectivity index (χ1n) is 3.67. The molecule has 0 rings (SSSR count). The van der Waals surface area contributed by atoms with Crippen LogP contribution in [-0.4, -0.2) is 19.0 Å². The largest absolute Gasteiger partial charge is 0.313 e. The van der Waals surface area contributed by atoms with E-state index >= 15 is 0 Å². The number of allylic oxidation sites excluding steroid dienone is 1. The predicted molar refractivity (Wildman–Crippen MR) is 47.6 cm³/mol. The second-order valence-electron chi connectivity index (χ2n) is 2.53. The van der Waals surface area contributed by atoms with E-state index in [-0.39, 0.29) is 0 Å². The molecule has 0 aromatic rings. The Morgan fingerprint density at radius 2 is 2.20 bits per heavy atom. The van der Waals surface area contributed by atoms with Gasteiger partial charge in [-0.15, -0.1) is 11.6 Å². The summed E-state index contributed by atoms with van der Waals surface area (Å²) in [7, 11) is 0. The highest BCUT2D eigenvalue weighted by Gasteiger charge is 1.82. The van der Waals surface area contributed by atoms with E-state index in [0.29, 0.717) is 0 Å². The van der Waals surface area contributed by atoms with E-state index in [0.717, 1.165) is 25.4 Å². The zero-order valence-electron chi connectivity index (χ0n) is 6.78. The lowest BCUT2D eigenvalue weighted by Crippen LogP contribution is -2.15. The van der Waals surface area contributed by atoms with E-state index in [1.165, 1.54) is 5.57 Å². The van der Waals surface area contributed by atoms with E-state index in [4.69, 9.17) is 11.6 Å².